The summed E-state index contributed by atoms with van der Waals surface area (Å²) < 4.78 is 1.78. The highest BCUT2D eigenvalue weighted by Crippen LogP contribution is 2.17. The highest BCUT2D eigenvalue weighted by Gasteiger charge is 2.13. The van der Waals surface area contributed by atoms with Gasteiger partial charge in [0.15, 0.2) is 11.0 Å². The lowest BCUT2D eigenvalue weighted by Gasteiger charge is -2.07. The van der Waals surface area contributed by atoms with E-state index in [9.17, 15) is 9.59 Å². The van der Waals surface area contributed by atoms with Crippen molar-refractivity contribution in [1.82, 2.24) is 20.1 Å². The van der Waals surface area contributed by atoms with Crippen molar-refractivity contribution in [2.45, 2.75) is 25.0 Å². The maximum Gasteiger partial charge on any atom is 0.251 e. The molecule has 8 heteroatoms. The lowest BCUT2D eigenvalue weighted by atomic mass is 10.1. The van der Waals surface area contributed by atoms with Crippen LogP contribution in [0.2, 0.25) is 0 Å². The Morgan fingerprint density at radius 3 is 2.45 bits per heavy atom. The van der Waals surface area contributed by atoms with Gasteiger partial charge >= 0.3 is 0 Å². The highest BCUT2D eigenvalue weighted by molar-refractivity contribution is 7.99. The first-order valence-corrected chi connectivity index (χ1v) is 10.3. The van der Waals surface area contributed by atoms with E-state index in [1.165, 1.54) is 17.3 Å². The molecule has 2 N–H and O–H groups in total. The minimum atomic E-state index is -0.170. The summed E-state index contributed by atoms with van der Waals surface area (Å²) in [6.07, 6.45) is 0.963. The molecule has 0 saturated heterocycles. The van der Waals surface area contributed by atoms with Crippen molar-refractivity contribution in [3.05, 3.63) is 71.5 Å². The molecule has 7 nitrogen and oxygen atoms in total. The summed E-state index contributed by atoms with van der Waals surface area (Å²) in [5, 5.41) is 14.5. The molecular weight excluding hydrogens is 386 g/mol. The van der Waals surface area contributed by atoms with Crippen molar-refractivity contribution in [2.24, 2.45) is 7.05 Å². The number of carbonyl (C=O) groups excluding carboxylic acids is 2. The number of hydrogen-bond acceptors (Lipinski definition) is 5. The molecule has 150 valence electrons. The maximum absolute atomic E-state index is 12.2. The second-order valence-corrected chi connectivity index (χ2v) is 7.34. The fourth-order valence-electron chi connectivity index (χ4n) is 2.63. The number of amides is 2. The van der Waals surface area contributed by atoms with Crippen LogP contribution in [0.25, 0.3) is 0 Å². The molecule has 29 heavy (non-hydrogen) atoms. The van der Waals surface area contributed by atoms with E-state index in [0.717, 1.165) is 12.1 Å². The Hall–Kier alpha value is -3.13. The number of benzene rings is 2. The summed E-state index contributed by atoms with van der Waals surface area (Å²) in [7, 11) is 1.81. The van der Waals surface area contributed by atoms with Gasteiger partial charge in [0, 0.05) is 18.3 Å². The number of carbonyl (C=O) groups is 2. The summed E-state index contributed by atoms with van der Waals surface area (Å²) >= 11 is 1.30. The Labute approximate surface area is 173 Å². The molecule has 0 fully saturated rings. The van der Waals surface area contributed by atoms with Crippen molar-refractivity contribution in [1.29, 1.82) is 0 Å². The van der Waals surface area contributed by atoms with Gasteiger partial charge in [0.05, 0.1) is 12.3 Å². The first-order chi connectivity index (χ1) is 14.1. The molecule has 0 atom stereocenters. The molecule has 2 aromatic carbocycles. The van der Waals surface area contributed by atoms with E-state index >= 15 is 0 Å². The molecule has 3 rings (SSSR count). The van der Waals surface area contributed by atoms with Crippen molar-refractivity contribution in [3.63, 3.8) is 0 Å². The van der Waals surface area contributed by atoms with Crippen molar-refractivity contribution >= 4 is 29.3 Å². The van der Waals surface area contributed by atoms with Crippen LogP contribution in [0.4, 0.5) is 5.69 Å². The van der Waals surface area contributed by atoms with Gasteiger partial charge in [-0.2, -0.15) is 0 Å². The monoisotopic (exact) mass is 409 g/mol. The van der Waals surface area contributed by atoms with Crippen LogP contribution < -0.4 is 10.6 Å². The third kappa shape index (κ3) is 5.68. The summed E-state index contributed by atoms with van der Waals surface area (Å²) in [5.74, 6) is 0.558. The Kier molecular flexibility index (Phi) is 7.02. The summed E-state index contributed by atoms with van der Waals surface area (Å²) in [6.45, 7) is 2.35. The second kappa shape index (κ2) is 9.88. The van der Waals surface area contributed by atoms with Gasteiger partial charge in [-0.05, 0) is 36.2 Å². The Balaban J connectivity index is 1.49. The molecule has 0 aliphatic rings. The molecule has 2 amide bonds. The first-order valence-electron chi connectivity index (χ1n) is 9.30. The Morgan fingerprint density at radius 1 is 1.03 bits per heavy atom. The Morgan fingerprint density at radius 2 is 1.76 bits per heavy atom. The van der Waals surface area contributed by atoms with Crippen LogP contribution in [0.15, 0.2) is 59.8 Å². The fourth-order valence-corrected chi connectivity index (χ4v) is 3.36. The Bertz CT molecular complexity index is 970. The topological polar surface area (TPSA) is 88.9 Å². The normalized spacial score (nSPS) is 10.6. The standard InChI is InChI=1S/C21H23N5O2S/c1-3-15-9-11-17(12-10-15)23-19(27)14-29-21-25-24-18(26(21)2)13-22-20(28)16-7-5-4-6-8-16/h4-12H,3,13-14H2,1-2H3,(H,22,28)(H,23,27). The van der Waals surface area contributed by atoms with Crippen LogP contribution in [0, 0.1) is 0 Å². The van der Waals surface area contributed by atoms with E-state index in [4.69, 9.17) is 0 Å². The molecule has 1 heterocycles. The highest BCUT2D eigenvalue weighted by atomic mass is 32.2. The predicted molar refractivity (Wildman–Crippen MR) is 114 cm³/mol. The second-order valence-electron chi connectivity index (χ2n) is 6.39. The number of nitrogens with one attached hydrogen (secondary N) is 2. The molecule has 1 aromatic heterocycles. The van der Waals surface area contributed by atoms with Crippen LogP contribution >= 0.6 is 11.8 Å². The van der Waals surface area contributed by atoms with Crippen LogP contribution in [0.1, 0.15) is 28.7 Å². The third-order valence-electron chi connectivity index (χ3n) is 4.35. The average Bonchev–Trinajstić information content (AvgIpc) is 3.11. The number of rotatable bonds is 8. The van der Waals surface area contributed by atoms with E-state index < -0.39 is 0 Å². The molecule has 0 unspecified atom stereocenters. The predicted octanol–water partition coefficient (Wildman–Crippen LogP) is 3.04. The lowest BCUT2D eigenvalue weighted by molar-refractivity contribution is -0.113. The van der Waals surface area contributed by atoms with E-state index in [-0.39, 0.29) is 24.1 Å². The van der Waals surface area contributed by atoms with E-state index in [1.54, 1.807) is 16.7 Å². The molecule has 3 aromatic rings. The molecule has 0 radical (unpaired) electrons. The molecule has 0 aliphatic carbocycles. The fraction of sp³-hybridized carbons (Fsp3) is 0.238. The van der Waals surface area contributed by atoms with Gasteiger partial charge < -0.3 is 15.2 Å². The number of anilines is 1. The first kappa shape index (κ1) is 20.6. The van der Waals surface area contributed by atoms with Crippen molar-refractivity contribution < 1.29 is 9.59 Å². The van der Waals surface area contributed by atoms with E-state index in [0.29, 0.717) is 16.5 Å². The molecule has 0 aliphatic heterocycles. The van der Waals surface area contributed by atoms with Gasteiger partial charge in [0.1, 0.15) is 0 Å². The van der Waals surface area contributed by atoms with Crippen LogP contribution in [0.3, 0.4) is 0 Å². The van der Waals surface area contributed by atoms with Crippen LogP contribution in [0.5, 0.6) is 0 Å². The zero-order valence-corrected chi connectivity index (χ0v) is 17.2. The number of thioether (sulfide) groups is 1. The smallest absolute Gasteiger partial charge is 0.251 e. The summed E-state index contributed by atoms with van der Waals surface area (Å²) in [4.78, 5) is 24.3. The maximum atomic E-state index is 12.2. The zero-order chi connectivity index (χ0) is 20.6. The number of aryl methyl sites for hydroxylation is 1. The average molecular weight is 410 g/mol. The minimum absolute atomic E-state index is 0.110. The van der Waals surface area contributed by atoms with E-state index in [1.807, 2.05) is 49.5 Å². The minimum Gasteiger partial charge on any atom is -0.345 e. The van der Waals surface area contributed by atoms with Gasteiger partial charge in [-0.3, -0.25) is 9.59 Å². The number of aromatic nitrogens is 3. The largest absolute Gasteiger partial charge is 0.345 e. The van der Waals surface area contributed by atoms with Crippen LogP contribution in [-0.4, -0.2) is 32.3 Å². The zero-order valence-electron chi connectivity index (χ0n) is 16.4. The van der Waals surface area contributed by atoms with Crippen molar-refractivity contribution in [3.8, 4) is 0 Å². The van der Waals surface area contributed by atoms with Crippen LogP contribution in [-0.2, 0) is 24.8 Å². The van der Waals surface area contributed by atoms with Gasteiger partial charge in [0.2, 0.25) is 5.91 Å². The third-order valence-corrected chi connectivity index (χ3v) is 5.37. The van der Waals surface area contributed by atoms with Gasteiger partial charge in [-0.15, -0.1) is 10.2 Å². The van der Waals surface area contributed by atoms with E-state index in [2.05, 4.69) is 27.8 Å². The van der Waals surface area contributed by atoms with Gasteiger partial charge in [-0.25, -0.2) is 0 Å². The molecule has 0 saturated carbocycles. The number of hydrogen-bond donors (Lipinski definition) is 2. The van der Waals surface area contributed by atoms with Gasteiger partial charge in [0.25, 0.3) is 5.91 Å². The summed E-state index contributed by atoms with van der Waals surface area (Å²) in [6, 6.07) is 16.8. The van der Waals surface area contributed by atoms with Crippen molar-refractivity contribution in [2.75, 3.05) is 11.1 Å². The molecule has 0 spiro atoms. The molecular formula is C21H23N5O2S. The quantitative estimate of drug-likeness (QED) is 0.558. The molecule has 0 bridgehead atoms. The summed E-state index contributed by atoms with van der Waals surface area (Å²) in [5.41, 5.74) is 2.59. The number of nitrogens with zero attached hydrogens (tertiary/aromatic N) is 3. The lowest BCUT2D eigenvalue weighted by Crippen LogP contribution is -2.24. The SMILES string of the molecule is CCc1ccc(NC(=O)CSc2nnc(CNC(=O)c3ccccc3)n2C)cc1. The van der Waals surface area contributed by atoms with Gasteiger partial charge in [-0.1, -0.05) is 49.0 Å².